The van der Waals surface area contributed by atoms with Crippen LogP contribution in [0.3, 0.4) is 0 Å². The molecule has 1 aromatic carbocycles. The summed E-state index contributed by atoms with van der Waals surface area (Å²) < 4.78 is 18.7. The molecule has 1 aromatic rings. The molecule has 1 aliphatic carbocycles. The van der Waals surface area contributed by atoms with E-state index in [1.165, 1.54) is 26.0 Å². The molecule has 1 amide bonds. The lowest BCUT2D eigenvalue weighted by atomic mass is 10.1. The Morgan fingerprint density at radius 2 is 2.25 bits per heavy atom. The van der Waals surface area contributed by atoms with E-state index in [2.05, 4.69) is 5.32 Å². The SMILES string of the molecule is COc1ccc(C2NCC(=O)N2CCC2CC2)cc1F. The summed E-state index contributed by atoms with van der Waals surface area (Å²) in [5.41, 5.74) is 0.768. The first-order valence-corrected chi connectivity index (χ1v) is 7.05. The maximum Gasteiger partial charge on any atom is 0.238 e. The fourth-order valence-corrected chi connectivity index (χ4v) is 2.67. The number of hydrogen-bond donors (Lipinski definition) is 1. The maximum atomic E-state index is 13.8. The number of nitrogens with one attached hydrogen (secondary N) is 1. The van der Waals surface area contributed by atoms with Crippen molar-refractivity contribution in [3.8, 4) is 5.75 Å². The summed E-state index contributed by atoms with van der Waals surface area (Å²) in [4.78, 5) is 13.8. The lowest BCUT2D eigenvalue weighted by Gasteiger charge is -2.25. The fourth-order valence-electron chi connectivity index (χ4n) is 2.67. The van der Waals surface area contributed by atoms with Gasteiger partial charge in [0.05, 0.1) is 13.7 Å². The van der Waals surface area contributed by atoms with Crippen molar-refractivity contribution < 1.29 is 13.9 Å². The lowest BCUT2D eigenvalue weighted by Crippen LogP contribution is -2.31. The zero-order valence-electron chi connectivity index (χ0n) is 11.6. The highest BCUT2D eigenvalue weighted by Gasteiger charge is 2.33. The molecule has 0 spiro atoms. The van der Waals surface area contributed by atoms with Crippen molar-refractivity contribution in [2.75, 3.05) is 20.2 Å². The molecular weight excluding hydrogens is 259 g/mol. The molecule has 2 fully saturated rings. The molecule has 1 heterocycles. The first kappa shape index (κ1) is 13.4. The molecule has 0 bridgehead atoms. The predicted octanol–water partition coefficient (Wildman–Crippen LogP) is 2.06. The minimum atomic E-state index is -0.395. The van der Waals surface area contributed by atoms with Gasteiger partial charge in [0.2, 0.25) is 5.91 Å². The van der Waals surface area contributed by atoms with Crippen molar-refractivity contribution in [2.45, 2.75) is 25.4 Å². The van der Waals surface area contributed by atoms with E-state index in [1.807, 2.05) is 11.0 Å². The van der Waals surface area contributed by atoms with Crippen LogP contribution >= 0.6 is 0 Å². The van der Waals surface area contributed by atoms with Crippen LogP contribution in [0.15, 0.2) is 18.2 Å². The molecule has 20 heavy (non-hydrogen) atoms. The summed E-state index contributed by atoms with van der Waals surface area (Å²) in [7, 11) is 1.44. The van der Waals surface area contributed by atoms with E-state index in [-0.39, 0.29) is 17.8 Å². The fraction of sp³-hybridized carbons (Fsp3) is 0.533. The van der Waals surface area contributed by atoms with Crippen LogP contribution in [0, 0.1) is 11.7 Å². The monoisotopic (exact) mass is 278 g/mol. The standard InChI is InChI=1S/C15H19FN2O2/c1-20-13-5-4-11(8-12(13)16)15-17-9-14(19)18(15)7-6-10-2-3-10/h4-5,8,10,15,17H,2-3,6-7,9H2,1H3. The summed E-state index contributed by atoms with van der Waals surface area (Å²) in [6, 6.07) is 4.86. The first-order valence-electron chi connectivity index (χ1n) is 7.05. The number of carbonyl (C=O) groups excluding carboxylic acids is 1. The van der Waals surface area contributed by atoms with Crippen molar-refractivity contribution in [3.05, 3.63) is 29.6 Å². The van der Waals surface area contributed by atoms with E-state index in [9.17, 15) is 9.18 Å². The predicted molar refractivity (Wildman–Crippen MR) is 72.7 cm³/mol. The zero-order valence-corrected chi connectivity index (χ0v) is 11.6. The normalized spacial score (nSPS) is 22.4. The van der Waals surface area contributed by atoms with Gasteiger partial charge in [0.25, 0.3) is 0 Å². The number of hydrogen-bond acceptors (Lipinski definition) is 3. The molecule has 1 unspecified atom stereocenters. The van der Waals surface area contributed by atoms with Gasteiger partial charge in [0.1, 0.15) is 6.17 Å². The number of halogens is 1. The highest BCUT2D eigenvalue weighted by Crippen LogP contribution is 2.34. The number of benzene rings is 1. The van der Waals surface area contributed by atoms with E-state index in [1.54, 1.807) is 6.07 Å². The van der Waals surface area contributed by atoms with Crippen molar-refractivity contribution in [2.24, 2.45) is 5.92 Å². The van der Waals surface area contributed by atoms with Gasteiger partial charge in [-0.1, -0.05) is 18.9 Å². The third kappa shape index (κ3) is 2.63. The average Bonchev–Trinajstić information content (AvgIpc) is 3.20. The zero-order chi connectivity index (χ0) is 14.1. The Balaban J connectivity index is 1.76. The van der Waals surface area contributed by atoms with E-state index in [0.29, 0.717) is 6.54 Å². The summed E-state index contributed by atoms with van der Waals surface area (Å²) in [5, 5.41) is 3.15. The smallest absolute Gasteiger partial charge is 0.238 e. The number of carbonyl (C=O) groups is 1. The van der Waals surface area contributed by atoms with E-state index in [0.717, 1.165) is 24.4 Å². The Hall–Kier alpha value is -1.62. The maximum absolute atomic E-state index is 13.8. The highest BCUT2D eigenvalue weighted by molar-refractivity contribution is 5.80. The average molecular weight is 278 g/mol. The van der Waals surface area contributed by atoms with E-state index >= 15 is 0 Å². The Labute approximate surface area is 117 Å². The van der Waals surface area contributed by atoms with Crippen LogP contribution in [-0.4, -0.2) is 31.0 Å². The molecule has 1 saturated carbocycles. The molecule has 1 aliphatic heterocycles. The Morgan fingerprint density at radius 3 is 2.90 bits per heavy atom. The minimum absolute atomic E-state index is 0.0897. The molecule has 0 aromatic heterocycles. The van der Waals surface area contributed by atoms with Gasteiger partial charge >= 0.3 is 0 Å². The van der Waals surface area contributed by atoms with Crippen molar-refractivity contribution in [3.63, 3.8) is 0 Å². The largest absolute Gasteiger partial charge is 0.494 e. The van der Waals surface area contributed by atoms with Crippen LogP contribution in [0.25, 0.3) is 0 Å². The van der Waals surface area contributed by atoms with Gasteiger partial charge in [-0.3, -0.25) is 10.1 Å². The number of ether oxygens (including phenoxy) is 1. The number of amides is 1. The van der Waals surface area contributed by atoms with Crippen LogP contribution in [0.5, 0.6) is 5.75 Å². The van der Waals surface area contributed by atoms with E-state index < -0.39 is 5.82 Å². The Bertz CT molecular complexity index is 517. The topological polar surface area (TPSA) is 41.6 Å². The summed E-state index contributed by atoms with van der Waals surface area (Å²) in [6.07, 6.45) is 3.37. The first-order chi connectivity index (χ1) is 9.69. The second-order valence-corrected chi connectivity index (χ2v) is 5.50. The second kappa shape index (κ2) is 5.40. The van der Waals surface area contributed by atoms with Crippen molar-refractivity contribution in [1.82, 2.24) is 10.2 Å². The third-order valence-corrected chi connectivity index (χ3v) is 4.05. The molecule has 3 rings (SSSR count). The Morgan fingerprint density at radius 1 is 1.45 bits per heavy atom. The van der Waals surface area contributed by atoms with Gasteiger partial charge in [-0.15, -0.1) is 0 Å². The van der Waals surface area contributed by atoms with Gasteiger partial charge in [-0.25, -0.2) is 4.39 Å². The van der Waals surface area contributed by atoms with Crippen LogP contribution < -0.4 is 10.1 Å². The van der Waals surface area contributed by atoms with Gasteiger partial charge < -0.3 is 9.64 Å². The van der Waals surface area contributed by atoms with Crippen molar-refractivity contribution >= 4 is 5.91 Å². The second-order valence-electron chi connectivity index (χ2n) is 5.50. The molecule has 2 aliphatic rings. The van der Waals surface area contributed by atoms with Gasteiger partial charge in [-0.2, -0.15) is 0 Å². The number of nitrogens with zero attached hydrogens (tertiary/aromatic N) is 1. The highest BCUT2D eigenvalue weighted by atomic mass is 19.1. The molecule has 108 valence electrons. The lowest BCUT2D eigenvalue weighted by molar-refractivity contribution is -0.128. The third-order valence-electron chi connectivity index (χ3n) is 4.05. The molecule has 1 N–H and O–H groups in total. The summed E-state index contributed by atoms with van der Waals surface area (Å²) in [5.74, 6) is 0.694. The number of rotatable bonds is 5. The molecular formula is C15H19FN2O2. The molecule has 4 nitrogen and oxygen atoms in total. The number of methoxy groups -OCH3 is 1. The van der Waals surface area contributed by atoms with E-state index in [4.69, 9.17) is 4.74 Å². The van der Waals surface area contributed by atoms with Gasteiger partial charge in [0.15, 0.2) is 11.6 Å². The molecule has 1 saturated heterocycles. The van der Waals surface area contributed by atoms with Crippen molar-refractivity contribution in [1.29, 1.82) is 0 Å². The van der Waals surface area contributed by atoms with Crippen LogP contribution in [0.4, 0.5) is 4.39 Å². The minimum Gasteiger partial charge on any atom is -0.494 e. The summed E-state index contributed by atoms with van der Waals surface area (Å²) >= 11 is 0. The summed E-state index contributed by atoms with van der Waals surface area (Å²) in [6.45, 7) is 1.07. The molecule has 5 heteroatoms. The van der Waals surface area contributed by atoms with Gasteiger partial charge in [-0.05, 0) is 30.0 Å². The molecule has 1 atom stereocenters. The molecule has 0 radical (unpaired) electrons. The quantitative estimate of drug-likeness (QED) is 0.896. The Kier molecular flexibility index (Phi) is 3.61. The van der Waals surface area contributed by atoms with Crippen LogP contribution in [-0.2, 0) is 4.79 Å². The van der Waals surface area contributed by atoms with Crippen LogP contribution in [0.2, 0.25) is 0 Å². The van der Waals surface area contributed by atoms with Gasteiger partial charge in [0, 0.05) is 6.54 Å². The van der Waals surface area contributed by atoms with Crippen LogP contribution in [0.1, 0.15) is 31.0 Å².